The van der Waals surface area contributed by atoms with Crippen LogP contribution in [-0.2, 0) is 17.9 Å². The highest BCUT2D eigenvalue weighted by molar-refractivity contribution is 5.88. The molecule has 4 rings (SSSR count). The summed E-state index contributed by atoms with van der Waals surface area (Å²) in [6, 6.07) is 10.6. The number of likely N-dealkylation sites (tertiary alicyclic amines) is 1. The van der Waals surface area contributed by atoms with E-state index in [1.807, 2.05) is 0 Å². The van der Waals surface area contributed by atoms with E-state index in [0.717, 1.165) is 15.8 Å². The van der Waals surface area contributed by atoms with E-state index >= 15 is 0 Å². The fourth-order valence-electron chi connectivity index (χ4n) is 3.89. The summed E-state index contributed by atoms with van der Waals surface area (Å²) in [6.45, 7) is -0.386. The number of carbonyl (C=O) groups is 1. The Balaban J connectivity index is 1.53. The molecular formula is C22H23F3N4O3. The molecule has 1 aliphatic heterocycles. The third kappa shape index (κ3) is 4.28. The van der Waals surface area contributed by atoms with Crippen molar-refractivity contribution in [2.75, 3.05) is 13.1 Å². The maximum atomic E-state index is 13.2. The van der Waals surface area contributed by atoms with Crippen LogP contribution < -0.4 is 10.5 Å². The summed E-state index contributed by atoms with van der Waals surface area (Å²) < 4.78 is 47.1. The van der Waals surface area contributed by atoms with Crippen LogP contribution in [0.25, 0.3) is 10.9 Å². The molecule has 3 N–H and O–H groups in total. The summed E-state index contributed by atoms with van der Waals surface area (Å²) in [4.78, 5) is 18.0. The second kappa shape index (κ2) is 8.44. The van der Waals surface area contributed by atoms with Crippen LogP contribution in [0.2, 0.25) is 0 Å². The zero-order chi connectivity index (χ0) is 22.9. The molecule has 3 heterocycles. The Morgan fingerprint density at radius 2 is 2.09 bits per heavy atom. The highest BCUT2D eigenvalue weighted by Crippen LogP contribution is 2.37. The number of amides is 1. The first-order valence-electron chi connectivity index (χ1n) is 10.2. The zero-order valence-electron chi connectivity index (χ0n) is 17.2. The number of aliphatic hydroxyl groups is 1. The monoisotopic (exact) mass is 448 g/mol. The first kappa shape index (κ1) is 22.1. The topological polar surface area (TPSA) is 93.6 Å². The zero-order valence-corrected chi connectivity index (χ0v) is 17.2. The molecule has 170 valence electrons. The molecule has 1 unspecified atom stereocenters. The Labute approximate surface area is 182 Å². The second-order valence-corrected chi connectivity index (χ2v) is 7.89. The normalized spacial score (nSPS) is 19.3. The Morgan fingerprint density at radius 3 is 2.84 bits per heavy atom. The van der Waals surface area contributed by atoms with Gasteiger partial charge in [-0.3, -0.25) is 4.79 Å². The van der Waals surface area contributed by atoms with E-state index in [1.54, 1.807) is 53.4 Å². The minimum absolute atomic E-state index is 0.0844. The standard InChI is InChI=1S/C22H23F3N4O3/c23-22(24,25)21(31)7-2-9-29(14-21)20(30)13-28-10-6-16-17(28)3-1-4-18(16)32-19-11-15(12-26)5-8-27-19/h1,3-6,8,10-11,31H,2,7,9,12-14,26H2. The summed E-state index contributed by atoms with van der Waals surface area (Å²) in [7, 11) is 0. The van der Waals surface area contributed by atoms with Crippen molar-refractivity contribution in [1.82, 2.24) is 14.5 Å². The van der Waals surface area contributed by atoms with Gasteiger partial charge in [0.1, 0.15) is 12.3 Å². The van der Waals surface area contributed by atoms with Crippen LogP contribution in [0.4, 0.5) is 13.2 Å². The molecule has 0 aliphatic carbocycles. The highest BCUT2D eigenvalue weighted by atomic mass is 19.4. The molecule has 1 aliphatic rings. The van der Waals surface area contributed by atoms with Crippen LogP contribution in [0.15, 0.2) is 48.8 Å². The maximum absolute atomic E-state index is 13.2. The van der Waals surface area contributed by atoms with Crippen molar-refractivity contribution in [3.05, 3.63) is 54.4 Å². The van der Waals surface area contributed by atoms with E-state index in [0.29, 0.717) is 23.7 Å². The van der Waals surface area contributed by atoms with Crippen molar-refractivity contribution in [1.29, 1.82) is 0 Å². The van der Waals surface area contributed by atoms with Crippen molar-refractivity contribution < 1.29 is 27.8 Å². The molecule has 1 amide bonds. The van der Waals surface area contributed by atoms with Gasteiger partial charge in [0.25, 0.3) is 0 Å². The molecule has 1 fully saturated rings. The van der Waals surface area contributed by atoms with Crippen molar-refractivity contribution >= 4 is 16.8 Å². The van der Waals surface area contributed by atoms with Gasteiger partial charge in [-0.25, -0.2) is 4.98 Å². The highest BCUT2D eigenvalue weighted by Gasteiger charge is 2.55. The number of fused-ring (bicyclic) bond motifs is 1. The number of rotatable bonds is 5. The summed E-state index contributed by atoms with van der Waals surface area (Å²) in [5.41, 5.74) is 4.34. The lowest BCUT2D eigenvalue weighted by Gasteiger charge is -2.40. The number of ether oxygens (including phenoxy) is 1. The van der Waals surface area contributed by atoms with Gasteiger partial charge in [-0.1, -0.05) is 6.07 Å². The molecule has 1 saturated heterocycles. The molecule has 0 spiro atoms. The van der Waals surface area contributed by atoms with Gasteiger partial charge in [0, 0.05) is 36.9 Å². The summed E-state index contributed by atoms with van der Waals surface area (Å²) in [5, 5.41) is 10.7. The number of alkyl halides is 3. The van der Waals surface area contributed by atoms with Gasteiger partial charge in [0.2, 0.25) is 11.8 Å². The molecule has 0 radical (unpaired) electrons. The summed E-state index contributed by atoms with van der Waals surface area (Å²) >= 11 is 0. The third-order valence-corrected chi connectivity index (χ3v) is 5.68. The SMILES string of the molecule is NCc1ccnc(Oc2cccc3c2ccn3CC(=O)N2CCCC(O)(C(F)(F)F)C2)c1. The van der Waals surface area contributed by atoms with Crippen molar-refractivity contribution in [3.8, 4) is 11.6 Å². The van der Waals surface area contributed by atoms with E-state index < -0.39 is 30.7 Å². The number of benzene rings is 1. The molecule has 3 aromatic rings. The molecule has 1 aromatic carbocycles. The van der Waals surface area contributed by atoms with Crippen LogP contribution in [0, 0.1) is 0 Å². The molecule has 2 aromatic heterocycles. The number of carbonyl (C=O) groups excluding carboxylic acids is 1. The lowest BCUT2D eigenvalue weighted by Crippen LogP contribution is -2.58. The second-order valence-electron chi connectivity index (χ2n) is 7.89. The van der Waals surface area contributed by atoms with Gasteiger partial charge in [0.05, 0.1) is 12.1 Å². The Morgan fingerprint density at radius 1 is 1.28 bits per heavy atom. The van der Waals surface area contributed by atoms with E-state index in [-0.39, 0.29) is 19.5 Å². The van der Waals surface area contributed by atoms with Crippen molar-refractivity contribution in [2.45, 2.75) is 37.7 Å². The average molecular weight is 448 g/mol. The molecule has 1 atom stereocenters. The first-order valence-corrected chi connectivity index (χ1v) is 10.2. The Hall–Kier alpha value is -3.11. The fraction of sp³-hybridized carbons (Fsp3) is 0.364. The number of aromatic nitrogens is 2. The average Bonchev–Trinajstić information content (AvgIpc) is 3.17. The number of hydrogen-bond acceptors (Lipinski definition) is 5. The number of nitrogens with zero attached hydrogens (tertiary/aromatic N) is 3. The maximum Gasteiger partial charge on any atom is 0.418 e. The van der Waals surface area contributed by atoms with Gasteiger partial charge in [-0.2, -0.15) is 13.2 Å². The molecule has 10 heteroatoms. The molecule has 0 saturated carbocycles. The lowest BCUT2D eigenvalue weighted by molar-refractivity contribution is -0.272. The predicted octanol–water partition coefficient (Wildman–Crippen LogP) is 3.20. The number of pyridine rings is 1. The summed E-state index contributed by atoms with van der Waals surface area (Å²) in [6.07, 6.45) is -1.83. The van der Waals surface area contributed by atoms with Crippen LogP contribution in [-0.4, -0.2) is 50.3 Å². The first-order chi connectivity index (χ1) is 15.2. The van der Waals surface area contributed by atoms with Crippen LogP contribution >= 0.6 is 0 Å². The minimum atomic E-state index is -4.78. The van der Waals surface area contributed by atoms with Crippen molar-refractivity contribution in [2.24, 2.45) is 5.73 Å². The molecule has 0 bridgehead atoms. The van der Waals surface area contributed by atoms with Crippen LogP contribution in [0.1, 0.15) is 18.4 Å². The van der Waals surface area contributed by atoms with E-state index in [2.05, 4.69) is 4.98 Å². The number of hydrogen-bond donors (Lipinski definition) is 2. The van der Waals surface area contributed by atoms with Crippen LogP contribution in [0.5, 0.6) is 11.6 Å². The van der Waals surface area contributed by atoms with E-state index in [1.165, 1.54) is 0 Å². The van der Waals surface area contributed by atoms with Gasteiger partial charge < -0.3 is 25.0 Å². The lowest BCUT2D eigenvalue weighted by atomic mass is 9.92. The molecule has 7 nitrogen and oxygen atoms in total. The minimum Gasteiger partial charge on any atom is -0.438 e. The molecule has 32 heavy (non-hydrogen) atoms. The number of β-amino-alcohol motifs (C(OH)–C–C–N with tert-alkyl or cyclic N) is 1. The largest absolute Gasteiger partial charge is 0.438 e. The Bertz CT molecular complexity index is 1130. The molecular weight excluding hydrogens is 425 g/mol. The van der Waals surface area contributed by atoms with Gasteiger partial charge in [0.15, 0.2) is 5.60 Å². The van der Waals surface area contributed by atoms with Gasteiger partial charge in [-0.05, 0) is 42.7 Å². The number of nitrogens with two attached hydrogens (primary N) is 1. The van der Waals surface area contributed by atoms with E-state index in [4.69, 9.17) is 10.5 Å². The number of halogens is 3. The number of piperidine rings is 1. The quantitative estimate of drug-likeness (QED) is 0.625. The smallest absolute Gasteiger partial charge is 0.418 e. The fourth-order valence-corrected chi connectivity index (χ4v) is 3.89. The summed E-state index contributed by atoms with van der Waals surface area (Å²) in [5.74, 6) is 0.414. The van der Waals surface area contributed by atoms with Gasteiger partial charge >= 0.3 is 6.18 Å². The van der Waals surface area contributed by atoms with Gasteiger partial charge in [-0.15, -0.1) is 0 Å². The van der Waals surface area contributed by atoms with Crippen molar-refractivity contribution in [3.63, 3.8) is 0 Å². The Kier molecular flexibility index (Phi) is 5.83. The predicted molar refractivity (Wildman–Crippen MR) is 111 cm³/mol. The third-order valence-electron chi connectivity index (χ3n) is 5.68. The van der Waals surface area contributed by atoms with Crippen LogP contribution in [0.3, 0.4) is 0 Å². The van der Waals surface area contributed by atoms with E-state index in [9.17, 15) is 23.1 Å².